The Bertz CT molecular complexity index is 222. The molecule has 11 heavy (non-hydrogen) atoms. The van der Waals surface area contributed by atoms with Crippen molar-refractivity contribution in [3.05, 3.63) is 24.3 Å². The molecule has 1 nitrogen and oxygen atoms in total. The predicted molar refractivity (Wildman–Crippen MR) is 44.2 cm³/mol. The van der Waals surface area contributed by atoms with Gasteiger partial charge in [-0.3, -0.25) is 4.79 Å². The summed E-state index contributed by atoms with van der Waals surface area (Å²) in [6.45, 7) is 3.93. The zero-order valence-electron chi connectivity index (χ0n) is 6.60. The highest BCUT2D eigenvalue weighted by Gasteiger charge is 2.43. The molecular formula is C10H12O. The zero-order chi connectivity index (χ0) is 7.90. The Morgan fingerprint density at radius 3 is 2.36 bits per heavy atom. The van der Waals surface area contributed by atoms with Crippen LogP contribution in [0.25, 0.3) is 0 Å². The van der Waals surface area contributed by atoms with Crippen LogP contribution in [0.3, 0.4) is 0 Å². The van der Waals surface area contributed by atoms with Gasteiger partial charge in [-0.05, 0) is 24.5 Å². The summed E-state index contributed by atoms with van der Waals surface area (Å²) in [6.07, 6.45) is 8.00. The van der Waals surface area contributed by atoms with Gasteiger partial charge in [-0.15, -0.1) is 0 Å². The van der Waals surface area contributed by atoms with Crippen LogP contribution in [0.5, 0.6) is 0 Å². The molecular weight excluding hydrogens is 136 g/mol. The van der Waals surface area contributed by atoms with Gasteiger partial charge in [-0.1, -0.05) is 25.5 Å². The SMILES string of the molecule is C=C1C=CC(=O)C12CCCC2. The molecule has 1 heteroatoms. The number of rotatable bonds is 0. The van der Waals surface area contributed by atoms with Crippen LogP contribution in [0, 0.1) is 5.41 Å². The van der Waals surface area contributed by atoms with Crippen molar-refractivity contribution in [1.82, 2.24) is 0 Å². The van der Waals surface area contributed by atoms with E-state index in [2.05, 4.69) is 6.58 Å². The summed E-state index contributed by atoms with van der Waals surface area (Å²) >= 11 is 0. The Kier molecular flexibility index (Phi) is 1.28. The lowest BCUT2D eigenvalue weighted by Gasteiger charge is -2.21. The standard InChI is InChI=1S/C10H12O/c1-8-4-5-9(11)10(8)6-2-3-7-10/h4-5H,1-3,6-7H2. The second-order valence-corrected chi connectivity index (χ2v) is 3.51. The third kappa shape index (κ3) is 0.740. The summed E-state index contributed by atoms with van der Waals surface area (Å²) in [4.78, 5) is 11.5. The lowest BCUT2D eigenvalue weighted by Crippen LogP contribution is -2.23. The quantitative estimate of drug-likeness (QED) is 0.515. The number of ketones is 1. The average molecular weight is 148 g/mol. The van der Waals surface area contributed by atoms with Crippen molar-refractivity contribution in [3.63, 3.8) is 0 Å². The molecule has 2 rings (SSSR count). The highest BCUT2D eigenvalue weighted by atomic mass is 16.1. The summed E-state index contributed by atoms with van der Waals surface area (Å²) < 4.78 is 0. The Balaban J connectivity index is 2.37. The van der Waals surface area contributed by atoms with Gasteiger partial charge >= 0.3 is 0 Å². The first-order chi connectivity index (χ1) is 5.26. The summed E-state index contributed by atoms with van der Waals surface area (Å²) in [5.74, 6) is 0.292. The summed E-state index contributed by atoms with van der Waals surface area (Å²) in [5, 5.41) is 0. The van der Waals surface area contributed by atoms with Crippen molar-refractivity contribution in [3.8, 4) is 0 Å². The van der Waals surface area contributed by atoms with Crippen LogP contribution in [0.15, 0.2) is 24.3 Å². The molecule has 1 fully saturated rings. The molecule has 0 aromatic rings. The molecule has 0 radical (unpaired) electrons. The Labute approximate surface area is 66.8 Å². The molecule has 0 N–H and O–H groups in total. The Hall–Kier alpha value is -0.850. The van der Waals surface area contributed by atoms with Gasteiger partial charge in [0.15, 0.2) is 5.78 Å². The fourth-order valence-corrected chi connectivity index (χ4v) is 2.20. The minimum absolute atomic E-state index is 0.139. The van der Waals surface area contributed by atoms with Crippen LogP contribution in [0.4, 0.5) is 0 Å². The second-order valence-electron chi connectivity index (χ2n) is 3.51. The molecule has 58 valence electrons. The number of allylic oxidation sites excluding steroid dienone is 3. The van der Waals surface area contributed by atoms with Crippen LogP contribution in [-0.4, -0.2) is 5.78 Å². The van der Waals surface area contributed by atoms with E-state index in [-0.39, 0.29) is 5.41 Å². The molecule has 0 bridgehead atoms. The van der Waals surface area contributed by atoms with E-state index in [0.29, 0.717) is 5.78 Å². The van der Waals surface area contributed by atoms with Gasteiger partial charge in [0.1, 0.15) is 0 Å². The zero-order valence-corrected chi connectivity index (χ0v) is 6.60. The normalized spacial score (nSPS) is 27.3. The van der Waals surface area contributed by atoms with Crippen LogP contribution in [-0.2, 0) is 4.79 Å². The summed E-state index contributed by atoms with van der Waals surface area (Å²) in [7, 11) is 0. The number of carbonyl (C=O) groups is 1. The van der Waals surface area contributed by atoms with Crippen molar-refractivity contribution in [1.29, 1.82) is 0 Å². The van der Waals surface area contributed by atoms with Crippen molar-refractivity contribution in [2.24, 2.45) is 5.41 Å². The average Bonchev–Trinajstić information content (AvgIpc) is 2.56. The van der Waals surface area contributed by atoms with Gasteiger partial charge in [0.05, 0.1) is 5.41 Å². The first-order valence-electron chi connectivity index (χ1n) is 4.18. The molecule has 0 aromatic carbocycles. The Morgan fingerprint density at radius 1 is 1.27 bits per heavy atom. The van der Waals surface area contributed by atoms with E-state index >= 15 is 0 Å². The maximum atomic E-state index is 11.5. The molecule has 0 saturated heterocycles. The van der Waals surface area contributed by atoms with Crippen LogP contribution >= 0.6 is 0 Å². The van der Waals surface area contributed by atoms with E-state index in [4.69, 9.17) is 0 Å². The van der Waals surface area contributed by atoms with E-state index in [0.717, 1.165) is 18.4 Å². The molecule has 0 aliphatic heterocycles. The maximum Gasteiger partial charge on any atom is 0.166 e. The van der Waals surface area contributed by atoms with Crippen molar-refractivity contribution in [2.75, 3.05) is 0 Å². The van der Waals surface area contributed by atoms with E-state index in [1.54, 1.807) is 6.08 Å². The van der Waals surface area contributed by atoms with Gasteiger partial charge in [0, 0.05) is 0 Å². The number of hydrogen-bond acceptors (Lipinski definition) is 1. The van der Waals surface area contributed by atoms with Gasteiger partial charge in [0.25, 0.3) is 0 Å². The van der Waals surface area contributed by atoms with Crippen molar-refractivity contribution < 1.29 is 4.79 Å². The highest BCUT2D eigenvalue weighted by molar-refractivity contribution is 6.01. The topological polar surface area (TPSA) is 17.1 Å². The van der Waals surface area contributed by atoms with E-state index in [1.807, 2.05) is 6.08 Å². The molecule has 0 heterocycles. The molecule has 1 saturated carbocycles. The molecule has 0 atom stereocenters. The smallest absolute Gasteiger partial charge is 0.166 e. The van der Waals surface area contributed by atoms with Gasteiger partial charge in [-0.25, -0.2) is 0 Å². The highest BCUT2D eigenvalue weighted by Crippen LogP contribution is 2.47. The van der Waals surface area contributed by atoms with E-state index in [1.165, 1.54) is 12.8 Å². The first kappa shape index (κ1) is 6.84. The molecule has 2 aliphatic carbocycles. The van der Waals surface area contributed by atoms with Crippen molar-refractivity contribution >= 4 is 5.78 Å². The first-order valence-corrected chi connectivity index (χ1v) is 4.18. The molecule has 0 aromatic heterocycles. The largest absolute Gasteiger partial charge is 0.294 e. The van der Waals surface area contributed by atoms with E-state index < -0.39 is 0 Å². The fraction of sp³-hybridized carbons (Fsp3) is 0.500. The van der Waals surface area contributed by atoms with E-state index in [9.17, 15) is 4.79 Å². The van der Waals surface area contributed by atoms with Crippen LogP contribution in [0.2, 0.25) is 0 Å². The predicted octanol–water partition coefficient (Wildman–Crippen LogP) is 2.24. The van der Waals surface area contributed by atoms with Crippen molar-refractivity contribution in [2.45, 2.75) is 25.7 Å². The lowest BCUT2D eigenvalue weighted by atomic mass is 9.80. The lowest BCUT2D eigenvalue weighted by molar-refractivity contribution is -0.120. The fourth-order valence-electron chi connectivity index (χ4n) is 2.20. The van der Waals surface area contributed by atoms with Gasteiger partial charge in [-0.2, -0.15) is 0 Å². The minimum atomic E-state index is -0.139. The molecule has 0 unspecified atom stereocenters. The summed E-state index contributed by atoms with van der Waals surface area (Å²) in [5.41, 5.74) is 0.903. The monoisotopic (exact) mass is 148 g/mol. The van der Waals surface area contributed by atoms with Crippen LogP contribution < -0.4 is 0 Å². The third-order valence-corrected chi connectivity index (χ3v) is 2.98. The minimum Gasteiger partial charge on any atom is -0.294 e. The van der Waals surface area contributed by atoms with Crippen LogP contribution in [0.1, 0.15) is 25.7 Å². The number of hydrogen-bond donors (Lipinski definition) is 0. The number of carbonyl (C=O) groups excluding carboxylic acids is 1. The second kappa shape index (κ2) is 2.07. The molecule has 0 amide bonds. The molecule has 2 aliphatic rings. The maximum absolute atomic E-state index is 11.5. The van der Waals surface area contributed by atoms with Gasteiger partial charge < -0.3 is 0 Å². The third-order valence-electron chi connectivity index (χ3n) is 2.98. The Morgan fingerprint density at radius 2 is 1.91 bits per heavy atom. The molecule has 1 spiro atoms. The summed E-state index contributed by atoms with van der Waals surface area (Å²) in [6, 6.07) is 0. The van der Waals surface area contributed by atoms with Gasteiger partial charge in [0.2, 0.25) is 0 Å².